The van der Waals surface area contributed by atoms with E-state index in [1.807, 2.05) is 0 Å². The Kier molecular flexibility index (Phi) is 4.30. The van der Waals surface area contributed by atoms with Crippen LogP contribution in [0.1, 0.15) is 35.0 Å². The maximum absolute atomic E-state index is 12.9. The minimum absolute atomic E-state index is 0.0101. The quantitative estimate of drug-likeness (QED) is 0.829. The van der Waals surface area contributed by atoms with Crippen molar-refractivity contribution in [3.05, 3.63) is 65.6 Å². The third kappa shape index (κ3) is 2.80. The Morgan fingerprint density at radius 3 is 2.88 bits per heavy atom. The number of rotatable bonds is 5. The lowest BCUT2D eigenvalue weighted by molar-refractivity contribution is -0.131. The fraction of sp³-hybridized carbons (Fsp3) is 0.316. The molecule has 7 nitrogen and oxygen atoms in total. The van der Waals surface area contributed by atoms with Crippen molar-refractivity contribution < 1.29 is 23.8 Å². The van der Waals surface area contributed by atoms with E-state index in [-0.39, 0.29) is 17.4 Å². The fourth-order valence-electron chi connectivity index (χ4n) is 3.51. The molecule has 1 saturated heterocycles. The molecule has 0 bridgehead atoms. The van der Waals surface area contributed by atoms with Gasteiger partial charge in [0.1, 0.15) is 0 Å². The van der Waals surface area contributed by atoms with Gasteiger partial charge in [0, 0.05) is 25.5 Å². The molecule has 0 spiro atoms. The van der Waals surface area contributed by atoms with Gasteiger partial charge in [-0.2, -0.15) is 0 Å². The molecule has 0 aliphatic carbocycles. The average molecular weight is 354 g/mol. The molecule has 2 aliphatic rings. The predicted octanol–water partition coefficient (Wildman–Crippen LogP) is 2.43. The van der Waals surface area contributed by atoms with Gasteiger partial charge in [-0.1, -0.05) is 6.07 Å². The SMILES string of the molecule is O=C(C1=C(O)C(=O)N(C[C@H]2CCCO2)[C@@H]1c1cccnc1)c1ccco1. The molecule has 2 aromatic heterocycles. The summed E-state index contributed by atoms with van der Waals surface area (Å²) in [6, 6.07) is 5.88. The van der Waals surface area contributed by atoms with Crippen LogP contribution >= 0.6 is 0 Å². The summed E-state index contributed by atoms with van der Waals surface area (Å²) in [6.07, 6.45) is 6.25. The molecule has 134 valence electrons. The van der Waals surface area contributed by atoms with Crippen molar-refractivity contribution in [2.75, 3.05) is 13.2 Å². The van der Waals surface area contributed by atoms with Gasteiger partial charge in [0.2, 0.25) is 5.78 Å². The van der Waals surface area contributed by atoms with E-state index in [4.69, 9.17) is 9.15 Å². The van der Waals surface area contributed by atoms with Gasteiger partial charge in [-0.05, 0) is 36.6 Å². The Morgan fingerprint density at radius 1 is 1.35 bits per heavy atom. The number of aliphatic hydroxyl groups excluding tert-OH is 1. The number of aliphatic hydroxyl groups is 1. The third-order valence-electron chi connectivity index (χ3n) is 4.72. The van der Waals surface area contributed by atoms with Crippen molar-refractivity contribution in [1.29, 1.82) is 0 Å². The number of Topliss-reactive ketones (excluding diaryl/α,β-unsaturated/α-hetero) is 1. The number of amides is 1. The lowest BCUT2D eigenvalue weighted by atomic mass is 9.96. The van der Waals surface area contributed by atoms with Gasteiger partial charge in [0.15, 0.2) is 11.5 Å². The lowest BCUT2D eigenvalue weighted by Crippen LogP contribution is -2.37. The highest BCUT2D eigenvalue weighted by Crippen LogP contribution is 2.39. The van der Waals surface area contributed by atoms with Crippen molar-refractivity contribution >= 4 is 11.7 Å². The van der Waals surface area contributed by atoms with Gasteiger partial charge >= 0.3 is 0 Å². The summed E-state index contributed by atoms with van der Waals surface area (Å²) >= 11 is 0. The highest BCUT2D eigenvalue weighted by atomic mass is 16.5. The number of nitrogens with zero attached hydrogens (tertiary/aromatic N) is 2. The van der Waals surface area contributed by atoms with E-state index in [2.05, 4.69) is 4.98 Å². The average Bonchev–Trinajstić information content (AvgIpc) is 3.40. The number of aromatic nitrogens is 1. The van der Waals surface area contributed by atoms with Crippen molar-refractivity contribution in [3.8, 4) is 0 Å². The number of ether oxygens (including phenoxy) is 1. The van der Waals surface area contributed by atoms with Gasteiger partial charge in [-0.3, -0.25) is 14.6 Å². The summed E-state index contributed by atoms with van der Waals surface area (Å²) in [5.74, 6) is -1.56. The minimum atomic E-state index is -0.724. The van der Waals surface area contributed by atoms with Crippen LogP contribution in [0.4, 0.5) is 0 Å². The molecule has 26 heavy (non-hydrogen) atoms. The number of pyridine rings is 1. The third-order valence-corrected chi connectivity index (χ3v) is 4.72. The second kappa shape index (κ2) is 6.76. The van der Waals surface area contributed by atoms with Crippen LogP contribution in [0.2, 0.25) is 0 Å². The van der Waals surface area contributed by atoms with Gasteiger partial charge < -0.3 is 19.2 Å². The minimum Gasteiger partial charge on any atom is -0.503 e. The Labute approximate surface area is 149 Å². The Morgan fingerprint density at radius 2 is 2.23 bits per heavy atom. The van der Waals surface area contributed by atoms with Crippen LogP contribution in [-0.4, -0.2) is 45.9 Å². The predicted molar refractivity (Wildman–Crippen MR) is 90.4 cm³/mol. The van der Waals surface area contributed by atoms with Crippen molar-refractivity contribution in [3.63, 3.8) is 0 Å². The number of furan rings is 1. The van der Waals surface area contributed by atoms with Gasteiger partial charge in [0.25, 0.3) is 5.91 Å². The molecule has 4 heterocycles. The van der Waals surface area contributed by atoms with Crippen LogP contribution in [0.3, 0.4) is 0 Å². The number of hydrogen-bond donors (Lipinski definition) is 1. The van der Waals surface area contributed by atoms with Crippen LogP contribution < -0.4 is 0 Å². The van der Waals surface area contributed by atoms with Crippen molar-refractivity contribution in [1.82, 2.24) is 9.88 Å². The Bertz CT molecular complexity index is 838. The molecule has 1 N–H and O–H groups in total. The second-order valence-corrected chi connectivity index (χ2v) is 6.35. The van der Waals surface area contributed by atoms with Crippen LogP contribution in [0.25, 0.3) is 0 Å². The summed E-state index contributed by atoms with van der Waals surface area (Å²) in [4.78, 5) is 31.2. The van der Waals surface area contributed by atoms with Crippen molar-refractivity contribution in [2.45, 2.75) is 25.0 Å². The first-order valence-corrected chi connectivity index (χ1v) is 8.50. The molecule has 1 amide bonds. The molecular formula is C19H18N2O5. The van der Waals surface area contributed by atoms with Crippen LogP contribution in [0.5, 0.6) is 0 Å². The van der Waals surface area contributed by atoms with E-state index in [1.54, 1.807) is 30.6 Å². The summed E-state index contributed by atoms with van der Waals surface area (Å²) in [5.41, 5.74) is 0.661. The number of carbonyl (C=O) groups excluding carboxylic acids is 2. The Hall–Kier alpha value is -2.93. The topological polar surface area (TPSA) is 92.9 Å². The van der Waals surface area contributed by atoms with E-state index in [0.29, 0.717) is 18.7 Å². The van der Waals surface area contributed by atoms with E-state index in [9.17, 15) is 14.7 Å². The summed E-state index contributed by atoms with van der Waals surface area (Å²) in [5, 5.41) is 10.5. The fourth-order valence-corrected chi connectivity index (χ4v) is 3.51. The molecule has 1 fully saturated rings. The first-order chi connectivity index (χ1) is 12.7. The summed E-state index contributed by atoms with van der Waals surface area (Å²) in [7, 11) is 0. The van der Waals surface area contributed by atoms with Crippen LogP contribution in [-0.2, 0) is 9.53 Å². The summed E-state index contributed by atoms with van der Waals surface area (Å²) < 4.78 is 10.8. The van der Waals surface area contributed by atoms with E-state index in [0.717, 1.165) is 12.8 Å². The van der Waals surface area contributed by atoms with Crippen molar-refractivity contribution in [2.24, 2.45) is 0 Å². The van der Waals surface area contributed by atoms with Gasteiger partial charge in [-0.25, -0.2) is 0 Å². The maximum Gasteiger partial charge on any atom is 0.290 e. The second-order valence-electron chi connectivity index (χ2n) is 6.35. The summed E-state index contributed by atoms with van der Waals surface area (Å²) in [6.45, 7) is 0.958. The molecule has 0 aromatic carbocycles. The molecule has 2 aliphatic heterocycles. The molecule has 0 unspecified atom stereocenters. The van der Waals surface area contributed by atoms with Gasteiger partial charge in [0.05, 0.1) is 24.0 Å². The molecule has 2 atom stereocenters. The molecular weight excluding hydrogens is 336 g/mol. The zero-order valence-electron chi connectivity index (χ0n) is 14.0. The van der Waals surface area contributed by atoms with Crippen LogP contribution in [0.15, 0.2) is 58.7 Å². The van der Waals surface area contributed by atoms with E-state index >= 15 is 0 Å². The normalized spacial score (nSPS) is 23.1. The smallest absolute Gasteiger partial charge is 0.290 e. The molecule has 0 radical (unpaired) electrons. The number of carbonyl (C=O) groups is 2. The monoisotopic (exact) mass is 354 g/mol. The zero-order chi connectivity index (χ0) is 18.1. The van der Waals surface area contributed by atoms with Crippen LogP contribution in [0, 0.1) is 0 Å². The highest BCUT2D eigenvalue weighted by molar-refractivity contribution is 6.14. The largest absolute Gasteiger partial charge is 0.503 e. The first-order valence-electron chi connectivity index (χ1n) is 8.50. The maximum atomic E-state index is 12.9. The first kappa shape index (κ1) is 16.5. The highest BCUT2D eigenvalue weighted by Gasteiger charge is 2.45. The van der Waals surface area contributed by atoms with E-state index < -0.39 is 23.5 Å². The molecule has 2 aromatic rings. The molecule has 4 rings (SSSR count). The molecule has 7 heteroatoms. The van der Waals surface area contributed by atoms with E-state index in [1.165, 1.54) is 17.2 Å². The number of hydrogen-bond acceptors (Lipinski definition) is 6. The zero-order valence-corrected chi connectivity index (χ0v) is 14.0. The van der Waals surface area contributed by atoms with Gasteiger partial charge in [-0.15, -0.1) is 0 Å². The number of ketones is 1. The Balaban J connectivity index is 1.74. The standard InChI is InChI=1S/C19H18N2O5/c22-17(14-6-3-9-26-14)15-16(12-4-1-7-20-10-12)21(19(24)18(15)23)11-13-5-2-8-25-13/h1,3-4,6-7,9-10,13,16,23H,2,5,8,11H2/t13-,16-/m1/s1. The molecule has 0 saturated carbocycles. The lowest BCUT2D eigenvalue weighted by Gasteiger charge is -2.28.